The summed E-state index contributed by atoms with van der Waals surface area (Å²) in [6, 6.07) is 10.9. The van der Waals surface area contributed by atoms with E-state index in [2.05, 4.69) is 29.0 Å². The molecule has 1 aliphatic heterocycles. The van der Waals surface area contributed by atoms with E-state index in [1.807, 2.05) is 24.3 Å². The minimum absolute atomic E-state index is 0.108. The smallest absolute Gasteiger partial charge is 0.274 e. The number of carbonyl (C=O) groups excluding carboxylic acids is 2. The summed E-state index contributed by atoms with van der Waals surface area (Å²) in [5, 5.41) is 2.84. The molecule has 1 aliphatic rings. The predicted octanol–water partition coefficient (Wildman–Crippen LogP) is 2.65. The van der Waals surface area contributed by atoms with Crippen molar-refractivity contribution in [1.82, 2.24) is 9.88 Å². The number of aromatic nitrogens is 1. The van der Waals surface area contributed by atoms with Crippen molar-refractivity contribution in [3.63, 3.8) is 0 Å². The number of morpholine rings is 1. The van der Waals surface area contributed by atoms with Crippen LogP contribution in [0, 0.1) is 0 Å². The van der Waals surface area contributed by atoms with E-state index in [-0.39, 0.29) is 17.5 Å². The first-order valence-corrected chi connectivity index (χ1v) is 9.61. The maximum Gasteiger partial charge on any atom is 0.274 e. The quantitative estimate of drug-likeness (QED) is 0.831. The molecule has 0 spiro atoms. The van der Waals surface area contributed by atoms with E-state index in [4.69, 9.17) is 4.74 Å². The number of hydrogen-bond donors (Lipinski definition) is 1. The van der Waals surface area contributed by atoms with Gasteiger partial charge >= 0.3 is 0 Å². The molecule has 3 rings (SSSR count). The fourth-order valence-electron chi connectivity index (χ4n) is 3.18. The highest BCUT2D eigenvalue weighted by Gasteiger charge is 2.20. The van der Waals surface area contributed by atoms with Crippen LogP contribution in [0.15, 0.2) is 42.6 Å². The molecule has 0 bridgehead atoms. The minimum Gasteiger partial charge on any atom is -0.378 e. The van der Waals surface area contributed by atoms with Crippen molar-refractivity contribution in [2.75, 3.05) is 49.6 Å². The molecule has 1 aromatic heterocycles. The Kier molecular flexibility index (Phi) is 6.60. The second-order valence-electron chi connectivity index (χ2n) is 6.51. The molecule has 0 radical (unpaired) electrons. The van der Waals surface area contributed by atoms with E-state index in [1.54, 1.807) is 11.0 Å². The number of nitrogens with one attached hydrogen (secondary N) is 1. The fraction of sp³-hybridized carbons (Fsp3) is 0.381. The van der Waals surface area contributed by atoms with Gasteiger partial charge in [0.25, 0.3) is 11.8 Å². The van der Waals surface area contributed by atoms with E-state index in [9.17, 15) is 9.59 Å². The van der Waals surface area contributed by atoms with E-state index in [0.29, 0.717) is 37.6 Å². The Morgan fingerprint density at radius 1 is 1.11 bits per heavy atom. The SMILES string of the molecule is CCN(CC)c1ccc(NC(=O)c2cc(C(=O)N3CCOCC3)ccn2)cc1. The van der Waals surface area contributed by atoms with Crippen LogP contribution in [0.1, 0.15) is 34.7 Å². The molecule has 0 aliphatic carbocycles. The van der Waals surface area contributed by atoms with Gasteiger partial charge in [-0.25, -0.2) is 0 Å². The summed E-state index contributed by atoms with van der Waals surface area (Å²) in [7, 11) is 0. The van der Waals surface area contributed by atoms with Gasteiger partial charge in [0.2, 0.25) is 0 Å². The van der Waals surface area contributed by atoms with Crippen LogP contribution in [0.3, 0.4) is 0 Å². The largest absolute Gasteiger partial charge is 0.378 e. The summed E-state index contributed by atoms with van der Waals surface area (Å²) in [4.78, 5) is 33.2. The highest BCUT2D eigenvalue weighted by molar-refractivity contribution is 6.04. The Hall–Kier alpha value is -2.93. The van der Waals surface area contributed by atoms with Crippen molar-refractivity contribution < 1.29 is 14.3 Å². The molecule has 28 heavy (non-hydrogen) atoms. The molecule has 148 valence electrons. The number of nitrogens with zero attached hydrogens (tertiary/aromatic N) is 3. The van der Waals surface area contributed by atoms with Crippen LogP contribution < -0.4 is 10.2 Å². The normalized spacial score (nSPS) is 13.9. The van der Waals surface area contributed by atoms with Gasteiger partial charge in [-0.3, -0.25) is 14.6 Å². The molecule has 1 aromatic carbocycles. The van der Waals surface area contributed by atoms with E-state index >= 15 is 0 Å². The summed E-state index contributed by atoms with van der Waals surface area (Å²) < 4.78 is 5.28. The predicted molar refractivity (Wildman–Crippen MR) is 109 cm³/mol. The monoisotopic (exact) mass is 382 g/mol. The van der Waals surface area contributed by atoms with Crippen LogP contribution in [-0.4, -0.2) is 61.1 Å². The second kappa shape index (κ2) is 9.32. The van der Waals surface area contributed by atoms with E-state index in [1.165, 1.54) is 12.3 Å². The topological polar surface area (TPSA) is 74.8 Å². The molecule has 1 N–H and O–H groups in total. The van der Waals surface area contributed by atoms with Crippen molar-refractivity contribution in [1.29, 1.82) is 0 Å². The lowest BCUT2D eigenvalue weighted by atomic mass is 10.2. The molecular formula is C21H26N4O3. The van der Waals surface area contributed by atoms with Gasteiger partial charge in [0, 0.05) is 49.3 Å². The second-order valence-corrected chi connectivity index (χ2v) is 6.51. The van der Waals surface area contributed by atoms with Crippen molar-refractivity contribution in [2.45, 2.75) is 13.8 Å². The standard InChI is InChI=1S/C21H26N4O3/c1-3-24(4-2)18-7-5-17(6-8-18)23-20(26)19-15-16(9-10-22-19)21(27)25-11-13-28-14-12-25/h5-10,15H,3-4,11-14H2,1-2H3,(H,23,26). The van der Waals surface area contributed by atoms with E-state index < -0.39 is 0 Å². The van der Waals surface area contributed by atoms with Crippen molar-refractivity contribution in [2.24, 2.45) is 0 Å². The lowest BCUT2D eigenvalue weighted by molar-refractivity contribution is 0.0303. The number of hydrogen-bond acceptors (Lipinski definition) is 5. The van der Waals surface area contributed by atoms with Crippen LogP contribution >= 0.6 is 0 Å². The molecule has 7 nitrogen and oxygen atoms in total. The Morgan fingerprint density at radius 3 is 2.43 bits per heavy atom. The molecule has 1 saturated heterocycles. The number of pyridine rings is 1. The van der Waals surface area contributed by atoms with Crippen LogP contribution in [0.2, 0.25) is 0 Å². The molecule has 2 heterocycles. The maximum absolute atomic E-state index is 12.6. The average molecular weight is 382 g/mol. The fourth-order valence-corrected chi connectivity index (χ4v) is 3.18. The minimum atomic E-state index is -0.341. The highest BCUT2D eigenvalue weighted by atomic mass is 16.5. The van der Waals surface area contributed by atoms with Crippen LogP contribution in [0.25, 0.3) is 0 Å². The number of amides is 2. The summed E-state index contributed by atoms with van der Waals surface area (Å²) >= 11 is 0. The molecular weight excluding hydrogens is 356 g/mol. The van der Waals surface area contributed by atoms with Gasteiger partial charge < -0.3 is 19.9 Å². The first kappa shape index (κ1) is 19.8. The zero-order chi connectivity index (χ0) is 19.9. The number of ether oxygens (including phenoxy) is 1. The van der Waals surface area contributed by atoms with Gasteiger partial charge in [0.05, 0.1) is 13.2 Å². The molecule has 7 heteroatoms. The Bertz CT molecular complexity index is 813. The number of rotatable bonds is 6. The molecule has 0 atom stereocenters. The van der Waals surface area contributed by atoms with Gasteiger partial charge in [-0.15, -0.1) is 0 Å². The summed E-state index contributed by atoms with van der Waals surface area (Å²) in [5.74, 6) is -0.449. The van der Waals surface area contributed by atoms with Gasteiger partial charge in [-0.05, 0) is 50.2 Å². The summed E-state index contributed by atoms with van der Waals surface area (Å²) in [5.41, 5.74) is 2.47. The summed E-state index contributed by atoms with van der Waals surface area (Å²) in [6.07, 6.45) is 1.49. The average Bonchev–Trinajstić information content (AvgIpc) is 2.76. The van der Waals surface area contributed by atoms with Crippen LogP contribution in [0.5, 0.6) is 0 Å². The van der Waals surface area contributed by atoms with Crippen LogP contribution in [0.4, 0.5) is 11.4 Å². The Labute approximate surface area is 165 Å². The number of benzene rings is 1. The zero-order valence-corrected chi connectivity index (χ0v) is 16.4. The molecule has 2 amide bonds. The highest BCUT2D eigenvalue weighted by Crippen LogP contribution is 2.18. The van der Waals surface area contributed by atoms with E-state index in [0.717, 1.165) is 18.8 Å². The maximum atomic E-state index is 12.6. The Balaban J connectivity index is 1.68. The zero-order valence-electron chi connectivity index (χ0n) is 16.4. The molecule has 2 aromatic rings. The third kappa shape index (κ3) is 4.67. The third-order valence-corrected chi connectivity index (χ3v) is 4.79. The van der Waals surface area contributed by atoms with Gasteiger partial charge in [-0.1, -0.05) is 0 Å². The first-order chi connectivity index (χ1) is 13.6. The van der Waals surface area contributed by atoms with Crippen molar-refractivity contribution >= 4 is 23.2 Å². The van der Waals surface area contributed by atoms with Gasteiger partial charge in [-0.2, -0.15) is 0 Å². The van der Waals surface area contributed by atoms with Gasteiger partial charge in [0.15, 0.2) is 0 Å². The first-order valence-electron chi connectivity index (χ1n) is 9.61. The summed E-state index contributed by atoms with van der Waals surface area (Å²) in [6.45, 7) is 8.25. The lowest BCUT2D eigenvalue weighted by Crippen LogP contribution is -2.40. The third-order valence-electron chi connectivity index (χ3n) is 4.79. The van der Waals surface area contributed by atoms with Crippen molar-refractivity contribution in [3.8, 4) is 0 Å². The number of carbonyl (C=O) groups is 2. The molecule has 0 saturated carbocycles. The Morgan fingerprint density at radius 2 is 1.79 bits per heavy atom. The van der Waals surface area contributed by atoms with Crippen molar-refractivity contribution in [3.05, 3.63) is 53.9 Å². The molecule has 0 unspecified atom stereocenters. The van der Waals surface area contributed by atoms with Gasteiger partial charge in [0.1, 0.15) is 5.69 Å². The lowest BCUT2D eigenvalue weighted by Gasteiger charge is -2.26. The number of anilines is 2. The van der Waals surface area contributed by atoms with Crippen LogP contribution in [-0.2, 0) is 4.74 Å². The molecule has 1 fully saturated rings.